The Kier molecular flexibility index (Phi) is 5.29. The van der Waals surface area contributed by atoms with E-state index in [0.717, 1.165) is 29.8 Å². The molecule has 0 aromatic heterocycles. The van der Waals surface area contributed by atoms with Crippen LogP contribution >= 0.6 is 0 Å². The van der Waals surface area contributed by atoms with Crippen molar-refractivity contribution in [1.82, 2.24) is 5.32 Å². The molecule has 28 heavy (non-hydrogen) atoms. The van der Waals surface area contributed by atoms with Crippen LogP contribution in [-0.2, 0) is 11.2 Å². The summed E-state index contributed by atoms with van der Waals surface area (Å²) in [6.07, 6.45) is 0.990. The normalized spacial score (nSPS) is 13.7. The summed E-state index contributed by atoms with van der Waals surface area (Å²) in [4.78, 5) is 15.1. The van der Waals surface area contributed by atoms with E-state index in [1.807, 2.05) is 60.7 Å². The van der Waals surface area contributed by atoms with Gasteiger partial charge in [-0.1, -0.05) is 60.7 Å². The van der Waals surface area contributed by atoms with E-state index in [1.54, 1.807) is 7.11 Å². The number of methoxy groups -OCH3 is 1. The molecule has 4 heteroatoms. The summed E-state index contributed by atoms with van der Waals surface area (Å²) in [7, 11) is 1.65. The van der Waals surface area contributed by atoms with Crippen LogP contribution in [-0.4, -0.2) is 26.1 Å². The van der Waals surface area contributed by atoms with Gasteiger partial charge in [0.2, 0.25) is 5.91 Å². The van der Waals surface area contributed by atoms with Crippen molar-refractivity contribution in [2.24, 2.45) is 0 Å². The summed E-state index contributed by atoms with van der Waals surface area (Å²) >= 11 is 0. The van der Waals surface area contributed by atoms with Crippen LogP contribution in [0.3, 0.4) is 0 Å². The van der Waals surface area contributed by atoms with Crippen molar-refractivity contribution in [2.75, 3.05) is 25.1 Å². The van der Waals surface area contributed by atoms with E-state index >= 15 is 0 Å². The van der Waals surface area contributed by atoms with Crippen molar-refractivity contribution < 1.29 is 9.53 Å². The second kappa shape index (κ2) is 8.17. The number of carbonyl (C=O) groups excluding carboxylic acids is 1. The third kappa shape index (κ3) is 3.86. The number of anilines is 1. The van der Waals surface area contributed by atoms with E-state index in [2.05, 4.69) is 28.4 Å². The van der Waals surface area contributed by atoms with Gasteiger partial charge in [-0.25, -0.2) is 0 Å². The zero-order valence-corrected chi connectivity index (χ0v) is 16.0. The molecule has 0 fully saturated rings. The first kappa shape index (κ1) is 18.1. The van der Waals surface area contributed by atoms with Crippen LogP contribution in [0.1, 0.15) is 22.7 Å². The van der Waals surface area contributed by atoms with Gasteiger partial charge in [-0.3, -0.25) is 4.79 Å². The summed E-state index contributed by atoms with van der Waals surface area (Å²) < 4.78 is 5.26. The van der Waals surface area contributed by atoms with E-state index in [1.165, 1.54) is 11.3 Å². The van der Waals surface area contributed by atoms with Crippen molar-refractivity contribution in [3.63, 3.8) is 0 Å². The quantitative estimate of drug-likeness (QED) is 0.712. The molecule has 142 valence electrons. The molecule has 0 aliphatic carbocycles. The Morgan fingerprint density at radius 2 is 1.64 bits per heavy atom. The van der Waals surface area contributed by atoms with Gasteiger partial charge in [0.25, 0.3) is 0 Å². The van der Waals surface area contributed by atoms with Crippen molar-refractivity contribution in [2.45, 2.75) is 12.5 Å². The van der Waals surface area contributed by atoms with Gasteiger partial charge in [-0.2, -0.15) is 0 Å². The lowest BCUT2D eigenvalue weighted by Crippen LogP contribution is -2.38. The maximum absolute atomic E-state index is 12.9. The zero-order chi connectivity index (χ0) is 19.3. The van der Waals surface area contributed by atoms with Gasteiger partial charge in [0.15, 0.2) is 0 Å². The summed E-state index contributed by atoms with van der Waals surface area (Å²) in [6, 6.07) is 26.0. The second-order valence-corrected chi connectivity index (χ2v) is 6.98. The predicted molar refractivity (Wildman–Crippen MR) is 112 cm³/mol. The Hall–Kier alpha value is -3.27. The standard InChI is InChI=1S/C24H24N2O2/c1-28-21-13-11-20(12-14-21)24(19-8-3-2-4-9-19)25-23(27)17-26-16-15-18-7-5-6-10-22(18)26/h2-14,24H,15-17H2,1H3,(H,25,27)/t24-/m1/s1. The minimum absolute atomic E-state index is 0.0152. The Morgan fingerprint density at radius 3 is 2.39 bits per heavy atom. The van der Waals surface area contributed by atoms with Gasteiger partial charge in [-0.15, -0.1) is 0 Å². The number of para-hydroxylation sites is 1. The molecule has 0 bridgehead atoms. The topological polar surface area (TPSA) is 41.6 Å². The molecule has 1 aliphatic rings. The smallest absolute Gasteiger partial charge is 0.240 e. The molecule has 0 unspecified atom stereocenters. The van der Waals surface area contributed by atoms with E-state index in [0.29, 0.717) is 6.54 Å². The number of benzene rings is 3. The Bertz CT molecular complexity index is 938. The zero-order valence-electron chi connectivity index (χ0n) is 16.0. The van der Waals surface area contributed by atoms with E-state index in [-0.39, 0.29) is 11.9 Å². The van der Waals surface area contributed by atoms with Crippen LogP contribution in [0.4, 0.5) is 5.69 Å². The molecular formula is C24H24N2O2. The van der Waals surface area contributed by atoms with Gasteiger partial charge < -0.3 is 15.0 Å². The molecule has 4 rings (SSSR count). The van der Waals surface area contributed by atoms with Crippen molar-refractivity contribution in [1.29, 1.82) is 0 Å². The van der Waals surface area contributed by atoms with Gasteiger partial charge in [0, 0.05) is 12.2 Å². The summed E-state index contributed by atoms with van der Waals surface area (Å²) in [5.41, 5.74) is 4.56. The summed E-state index contributed by atoms with van der Waals surface area (Å²) in [5.74, 6) is 0.817. The highest BCUT2D eigenvalue weighted by molar-refractivity contribution is 5.83. The Labute approximate surface area is 165 Å². The van der Waals surface area contributed by atoms with Gasteiger partial charge in [-0.05, 0) is 41.3 Å². The molecular weight excluding hydrogens is 348 g/mol. The number of fused-ring (bicyclic) bond motifs is 1. The molecule has 1 atom stereocenters. The van der Waals surface area contributed by atoms with Gasteiger partial charge >= 0.3 is 0 Å². The number of rotatable bonds is 6. The number of hydrogen-bond acceptors (Lipinski definition) is 3. The average molecular weight is 372 g/mol. The largest absolute Gasteiger partial charge is 0.497 e. The molecule has 3 aromatic rings. The average Bonchev–Trinajstić information content (AvgIpc) is 3.15. The maximum atomic E-state index is 12.9. The number of nitrogens with one attached hydrogen (secondary N) is 1. The van der Waals surface area contributed by atoms with Crippen LogP contribution in [0, 0.1) is 0 Å². The molecule has 1 heterocycles. The molecule has 0 saturated heterocycles. The third-order valence-electron chi connectivity index (χ3n) is 5.21. The van der Waals surface area contributed by atoms with Crippen LogP contribution < -0.4 is 15.0 Å². The maximum Gasteiger partial charge on any atom is 0.240 e. The summed E-state index contributed by atoms with van der Waals surface area (Å²) in [6.45, 7) is 1.24. The molecule has 1 N–H and O–H groups in total. The van der Waals surface area contributed by atoms with Crippen LogP contribution in [0.25, 0.3) is 0 Å². The van der Waals surface area contributed by atoms with E-state index in [9.17, 15) is 4.79 Å². The number of amides is 1. The van der Waals surface area contributed by atoms with E-state index < -0.39 is 0 Å². The minimum Gasteiger partial charge on any atom is -0.497 e. The van der Waals surface area contributed by atoms with Crippen LogP contribution in [0.5, 0.6) is 5.75 Å². The van der Waals surface area contributed by atoms with Crippen molar-refractivity contribution >= 4 is 11.6 Å². The number of nitrogens with zero attached hydrogens (tertiary/aromatic N) is 1. The highest BCUT2D eigenvalue weighted by atomic mass is 16.5. The minimum atomic E-state index is -0.197. The lowest BCUT2D eigenvalue weighted by Gasteiger charge is -2.23. The molecule has 0 spiro atoms. The first-order valence-electron chi connectivity index (χ1n) is 9.56. The number of hydrogen-bond donors (Lipinski definition) is 1. The lowest BCUT2D eigenvalue weighted by molar-refractivity contribution is -0.120. The highest BCUT2D eigenvalue weighted by Crippen LogP contribution is 2.28. The molecule has 4 nitrogen and oxygen atoms in total. The predicted octanol–water partition coefficient (Wildman–Crippen LogP) is 3.96. The fourth-order valence-electron chi connectivity index (χ4n) is 3.75. The molecule has 1 aliphatic heterocycles. The molecule has 0 radical (unpaired) electrons. The molecule has 0 saturated carbocycles. The number of ether oxygens (including phenoxy) is 1. The fraction of sp³-hybridized carbons (Fsp3) is 0.208. The van der Waals surface area contributed by atoms with Gasteiger partial charge in [0.05, 0.1) is 19.7 Å². The third-order valence-corrected chi connectivity index (χ3v) is 5.21. The first-order valence-corrected chi connectivity index (χ1v) is 9.56. The van der Waals surface area contributed by atoms with Crippen molar-refractivity contribution in [3.05, 3.63) is 95.6 Å². The lowest BCUT2D eigenvalue weighted by atomic mass is 9.98. The molecule has 3 aromatic carbocycles. The van der Waals surface area contributed by atoms with Crippen LogP contribution in [0.2, 0.25) is 0 Å². The summed E-state index contributed by atoms with van der Waals surface area (Å²) in [5, 5.41) is 3.22. The molecule has 1 amide bonds. The van der Waals surface area contributed by atoms with Gasteiger partial charge in [0.1, 0.15) is 5.75 Å². The van der Waals surface area contributed by atoms with Crippen molar-refractivity contribution in [3.8, 4) is 5.75 Å². The second-order valence-electron chi connectivity index (χ2n) is 6.98. The van der Waals surface area contributed by atoms with E-state index in [4.69, 9.17) is 4.74 Å². The first-order chi connectivity index (χ1) is 13.7. The highest BCUT2D eigenvalue weighted by Gasteiger charge is 2.23. The van der Waals surface area contributed by atoms with Crippen LogP contribution in [0.15, 0.2) is 78.9 Å². The Balaban J connectivity index is 1.53. The Morgan fingerprint density at radius 1 is 0.964 bits per heavy atom. The fourth-order valence-corrected chi connectivity index (χ4v) is 3.75. The SMILES string of the molecule is COc1ccc([C@H](NC(=O)CN2CCc3ccccc32)c2ccccc2)cc1. The number of carbonyl (C=O) groups is 1. The monoisotopic (exact) mass is 372 g/mol.